The molecule has 156 valence electrons. The van der Waals surface area contributed by atoms with Crippen LogP contribution in [0.2, 0.25) is 0 Å². The third-order valence-electron chi connectivity index (χ3n) is 4.73. The summed E-state index contributed by atoms with van der Waals surface area (Å²) in [4.78, 5) is 32.5. The minimum atomic E-state index is -4.59. The number of hydrogen-bond donors (Lipinski definition) is 3. The average Bonchev–Trinajstić information content (AvgIpc) is 3.04. The number of benzene rings is 1. The van der Waals surface area contributed by atoms with Crippen LogP contribution in [-0.4, -0.2) is 27.0 Å². The lowest BCUT2D eigenvalue weighted by molar-refractivity contribution is -0.141. The van der Waals surface area contributed by atoms with Gasteiger partial charge in [0.25, 0.3) is 0 Å². The van der Waals surface area contributed by atoms with E-state index >= 15 is 0 Å². The molecule has 0 radical (unpaired) electrons. The number of nitrogens with zero attached hydrogens (tertiary/aromatic N) is 1. The number of nitrogens with one attached hydrogen (secondary N) is 3. The Morgan fingerprint density at radius 2 is 2.00 bits per heavy atom. The molecule has 0 saturated heterocycles. The number of fused-ring (bicyclic) bond motifs is 1. The molecule has 10 heteroatoms. The fourth-order valence-electron chi connectivity index (χ4n) is 2.98. The zero-order chi connectivity index (χ0) is 21.3. The number of halogens is 3. The van der Waals surface area contributed by atoms with E-state index in [4.69, 9.17) is 4.74 Å². The van der Waals surface area contributed by atoms with Gasteiger partial charge in [-0.25, -0.2) is 9.78 Å². The van der Waals surface area contributed by atoms with Gasteiger partial charge in [0.05, 0.1) is 16.7 Å². The first-order valence-electron chi connectivity index (χ1n) is 9.24. The number of carbonyl (C=O) groups excluding carboxylic acids is 1. The Hall–Kier alpha value is -3.56. The number of hydrogen-bond acceptors (Lipinski definition) is 4. The van der Waals surface area contributed by atoms with E-state index in [0.29, 0.717) is 16.7 Å². The van der Waals surface area contributed by atoms with Crippen molar-refractivity contribution in [1.29, 1.82) is 0 Å². The topological polar surface area (TPSA) is 99.9 Å². The summed E-state index contributed by atoms with van der Waals surface area (Å²) >= 11 is 0. The molecular formula is C20H17F3N4O3. The number of para-hydroxylation sites is 1. The van der Waals surface area contributed by atoms with E-state index in [1.54, 1.807) is 18.2 Å². The summed E-state index contributed by atoms with van der Waals surface area (Å²) in [5, 5.41) is 2.63. The number of alkyl halides is 3. The van der Waals surface area contributed by atoms with Crippen molar-refractivity contribution in [3.8, 4) is 5.88 Å². The molecule has 0 bridgehead atoms. The molecule has 2 heterocycles. The van der Waals surface area contributed by atoms with Gasteiger partial charge in [0, 0.05) is 11.6 Å². The lowest BCUT2D eigenvalue weighted by Gasteiger charge is -2.26. The Kier molecular flexibility index (Phi) is 5.06. The van der Waals surface area contributed by atoms with Crippen LogP contribution < -0.4 is 15.7 Å². The molecule has 2 aromatic heterocycles. The molecule has 1 saturated carbocycles. The molecule has 3 N–H and O–H groups in total. The molecule has 0 unspecified atom stereocenters. The number of amides is 1. The van der Waals surface area contributed by atoms with E-state index < -0.39 is 23.5 Å². The Balaban J connectivity index is 1.56. The number of rotatable bonds is 5. The molecular weight excluding hydrogens is 401 g/mol. The number of anilines is 1. The number of aromatic nitrogens is 3. The molecule has 1 aliphatic rings. The molecule has 1 fully saturated rings. The Bertz CT molecular complexity index is 1180. The maximum absolute atomic E-state index is 13.0. The predicted octanol–water partition coefficient (Wildman–Crippen LogP) is 3.85. The van der Waals surface area contributed by atoms with Gasteiger partial charge in [0.2, 0.25) is 11.8 Å². The highest BCUT2D eigenvalue weighted by atomic mass is 19.4. The smallest absolute Gasteiger partial charge is 0.433 e. The third kappa shape index (κ3) is 4.22. The number of imidazole rings is 1. The standard InChI is InChI=1S/C20H17F3N4O3/c21-20(22,23)15-9-7-11(18(26-15)30-12-3-1-4-12)8-10-16(28)24-13-5-2-6-14-17(13)27-19(29)25-14/h2,5-10,12H,1,3-4H2,(H,24,28)(H2,25,27,29)/b10-8+. The van der Waals surface area contributed by atoms with Crippen LogP contribution in [0.1, 0.15) is 30.5 Å². The van der Waals surface area contributed by atoms with Gasteiger partial charge in [-0.3, -0.25) is 4.79 Å². The van der Waals surface area contributed by atoms with Crippen molar-refractivity contribution in [2.75, 3.05) is 5.32 Å². The second kappa shape index (κ2) is 7.69. The van der Waals surface area contributed by atoms with Crippen molar-refractivity contribution >= 4 is 28.7 Å². The van der Waals surface area contributed by atoms with E-state index in [2.05, 4.69) is 20.3 Å². The molecule has 1 aliphatic carbocycles. The largest absolute Gasteiger partial charge is 0.474 e. The fraction of sp³-hybridized carbons (Fsp3) is 0.250. The van der Waals surface area contributed by atoms with Gasteiger partial charge in [-0.15, -0.1) is 0 Å². The maximum atomic E-state index is 13.0. The fourth-order valence-corrected chi connectivity index (χ4v) is 2.98. The van der Waals surface area contributed by atoms with Crippen molar-refractivity contribution in [3.63, 3.8) is 0 Å². The summed E-state index contributed by atoms with van der Waals surface area (Å²) in [7, 11) is 0. The normalized spacial score (nSPS) is 14.8. The zero-order valence-corrected chi connectivity index (χ0v) is 15.5. The van der Waals surface area contributed by atoms with Crippen molar-refractivity contribution in [2.45, 2.75) is 31.5 Å². The highest BCUT2D eigenvalue weighted by molar-refractivity contribution is 6.06. The summed E-state index contributed by atoms with van der Waals surface area (Å²) in [5.74, 6) is -0.685. The van der Waals surface area contributed by atoms with Crippen LogP contribution in [-0.2, 0) is 11.0 Å². The monoisotopic (exact) mass is 418 g/mol. The molecule has 30 heavy (non-hydrogen) atoms. The molecule has 0 atom stereocenters. The summed E-state index contributed by atoms with van der Waals surface area (Å²) < 4.78 is 44.6. The van der Waals surface area contributed by atoms with Crippen LogP contribution >= 0.6 is 0 Å². The molecule has 4 rings (SSSR count). The van der Waals surface area contributed by atoms with Crippen molar-refractivity contribution in [3.05, 3.63) is 58.1 Å². The molecule has 0 aliphatic heterocycles. The van der Waals surface area contributed by atoms with Crippen LogP contribution in [0.25, 0.3) is 17.1 Å². The van der Waals surface area contributed by atoms with E-state index in [1.165, 1.54) is 18.2 Å². The predicted molar refractivity (Wildman–Crippen MR) is 104 cm³/mol. The van der Waals surface area contributed by atoms with Gasteiger partial charge in [-0.2, -0.15) is 13.2 Å². The summed E-state index contributed by atoms with van der Waals surface area (Å²) in [6.45, 7) is 0. The maximum Gasteiger partial charge on any atom is 0.433 e. The average molecular weight is 418 g/mol. The number of ether oxygens (including phenoxy) is 1. The number of carbonyl (C=O) groups is 1. The van der Waals surface area contributed by atoms with Gasteiger partial charge < -0.3 is 20.0 Å². The van der Waals surface area contributed by atoms with Crippen molar-refractivity contribution in [2.24, 2.45) is 0 Å². The number of H-pyrrole nitrogens is 2. The summed E-state index contributed by atoms with van der Waals surface area (Å²) in [5.41, 5.74) is 0.159. The lowest BCUT2D eigenvalue weighted by Crippen LogP contribution is -2.25. The Labute approximate surface area is 168 Å². The quantitative estimate of drug-likeness (QED) is 0.548. The van der Waals surface area contributed by atoms with Crippen molar-refractivity contribution in [1.82, 2.24) is 15.0 Å². The summed E-state index contributed by atoms with van der Waals surface area (Å²) in [6, 6.07) is 7.02. The van der Waals surface area contributed by atoms with Crippen molar-refractivity contribution < 1.29 is 22.7 Å². The molecule has 1 amide bonds. The molecule has 1 aromatic carbocycles. The van der Waals surface area contributed by atoms with Gasteiger partial charge in [-0.1, -0.05) is 6.07 Å². The summed E-state index contributed by atoms with van der Waals surface area (Å²) in [6.07, 6.45) is 0.191. The lowest BCUT2D eigenvalue weighted by atomic mass is 9.96. The molecule has 7 nitrogen and oxygen atoms in total. The van der Waals surface area contributed by atoms with Gasteiger partial charge >= 0.3 is 11.9 Å². The van der Waals surface area contributed by atoms with Gasteiger partial charge in [0.15, 0.2) is 0 Å². The van der Waals surface area contributed by atoms with Gasteiger partial charge in [-0.05, 0) is 49.6 Å². The Morgan fingerprint density at radius 1 is 1.20 bits per heavy atom. The number of aromatic amines is 2. The van der Waals surface area contributed by atoms with Crippen LogP contribution in [0.4, 0.5) is 18.9 Å². The second-order valence-corrected chi connectivity index (χ2v) is 6.89. The highest BCUT2D eigenvalue weighted by Gasteiger charge is 2.33. The minimum absolute atomic E-state index is 0.157. The van der Waals surface area contributed by atoms with Crippen LogP contribution in [0.5, 0.6) is 5.88 Å². The third-order valence-corrected chi connectivity index (χ3v) is 4.73. The van der Waals surface area contributed by atoms with E-state index in [-0.39, 0.29) is 17.5 Å². The first-order chi connectivity index (χ1) is 14.3. The van der Waals surface area contributed by atoms with E-state index in [1.807, 2.05) is 0 Å². The first kappa shape index (κ1) is 19.7. The van der Waals surface area contributed by atoms with E-state index in [9.17, 15) is 22.8 Å². The highest BCUT2D eigenvalue weighted by Crippen LogP contribution is 2.32. The van der Waals surface area contributed by atoms with E-state index in [0.717, 1.165) is 25.3 Å². The molecule has 0 spiro atoms. The number of pyridine rings is 1. The SMILES string of the molecule is O=C(/C=C/c1ccc(C(F)(F)F)nc1OC1CCC1)Nc1cccc2[nH]c(=O)[nH]c12. The first-order valence-corrected chi connectivity index (χ1v) is 9.24. The van der Waals surface area contributed by atoms with Gasteiger partial charge in [0.1, 0.15) is 11.8 Å². The minimum Gasteiger partial charge on any atom is -0.474 e. The zero-order valence-electron chi connectivity index (χ0n) is 15.5. The van der Waals surface area contributed by atoms with Crippen LogP contribution in [0.3, 0.4) is 0 Å². The second-order valence-electron chi connectivity index (χ2n) is 6.89. The van der Waals surface area contributed by atoms with Crippen LogP contribution in [0.15, 0.2) is 41.2 Å². The van der Waals surface area contributed by atoms with Crippen LogP contribution in [0, 0.1) is 0 Å². The molecule has 3 aromatic rings. The Morgan fingerprint density at radius 3 is 2.70 bits per heavy atom.